The molecule has 0 atom stereocenters. The Labute approximate surface area is 97.1 Å². The van der Waals surface area contributed by atoms with Gasteiger partial charge in [-0.3, -0.25) is 9.78 Å². The first-order valence-corrected chi connectivity index (χ1v) is 6.20. The maximum Gasteiger partial charge on any atom is 0.245 e. The van der Waals surface area contributed by atoms with E-state index < -0.39 is 10.0 Å². The number of nitrogen functional groups attached to an aromatic ring is 1. The minimum Gasteiger partial charge on any atom is -0.383 e. The number of sulfonamides is 1. The van der Waals surface area contributed by atoms with Gasteiger partial charge < -0.3 is 5.73 Å². The minimum atomic E-state index is -3.63. The third-order valence-electron chi connectivity index (χ3n) is 2.03. The molecule has 0 aliphatic rings. The molecule has 0 spiro atoms. The summed E-state index contributed by atoms with van der Waals surface area (Å²) in [7, 11) is -3.63. The zero-order chi connectivity index (χ0) is 12.3. The van der Waals surface area contributed by atoms with Crippen molar-refractivity contribution >= 4 is 15.8 Å². The van der Waals surface area contributed by atoms with Crippen molar-refractivity contribution in [1.82, 2.24) is 29.9 Å². The lowest BCUT2D eigenvalue weighted by molar-refractivity contribution is 0.553. The van der Waals surface area contributed by atoms with Gasteiger partial charge in [-0.05, 0) is 0 Å². The first kappa shape index (κ1) is 11.5. The molecule has 92 valence electrons. The average Bonchev–Trinajstić information content (AvgIpc) is 2.88. The maximum absolute atomic E-state index is 11.7. The topological polar surface area (TPSA) is 132 Å². The van der Waals surface area contributed by atoms with Crippen molar-refractivity contribution in [2.24, 2.45) is 0 Å². The summed E-state index contributed by atoms with van der Waals surface area (Å²) in [5.74, 6) is 0.0123. The Morgan fingerprint density at radius 3 is 2.94 bits per heavy atom. The lowest BCUT2D eigenvalue weighted by atomic mass is 10.6. The molecular formula is C7H11N7O2S. The molecule has 0 bridgehead atoms. The first-order valence-electron chi connectivity index (χ1n) is 4.72. The number of nitrogens with two attached hydrogens (primary N) is 1. The summed E-state index contributed by atoms with van der Waals surface area (Å²) in [4.78, 5) is -0.0592. The fraction of sp³-hybridized carbons (Fsp3) is 0.286. The van der Waals surface area contributed by atoms with Crippen LogP contribution in [-0.2, 0) is 16.6 Å². The number of aromatic nitrogens is 5. The monoisotopic (exact) mass is 257 g/mol. The van der Waals surface area contributed by atoms with E-state index in [9.17, 15) is 8.42 Å². The van der Waals surface area contributed by atoms with Gasteiger partial charge in [0.05, 0.1) is 18.9 Å². The summed E-state index contributed by atoms with van der Waals surface area (Å²) in [5, 5.41) is 13.2. The summed E-state index contributed by atoms with van der Waals surface area (Å²) in [6.45, 7) is 0.577. The fourth-order valence-corrected chi connectivity index (χ4v) is 2.27. The molecule has 2 heterocycles. The number of hydrogen-bond acceptors (Lipinski definition) is 6. The van der Waals surface area contributed by atoms with E-state index in [-0.39, 0.29) is 17.3 Å². The number of nitrogens with one attached hydrogen (secondary N) is 2. The standard InChI is InChI=1S/C7H11N7O2S/c8-7-6(5-10-12-7)17(15,16)11-2-4-14-3-1-9-13-14/h1,3,5,11H,2,4H2,(H3,8,10,12). The average molecular weight is 257 g/mol. The SMILES string of the molecule is Nc1[nH]ncc1S(=O)(=O)NCCn1ccnn1. The van der Waals surface area contributed by atoms with E-state index in [2.05, 4.69) is 25.2 Å². The largest absolute Gasteiger partial charge is 0.383 e. The molecule has 17 heavy (non-hydrogen) atoms. The molecule has 0 saturated heterocycles. The van der Waals surface area contributed by atoms with E-state index in [1.807, 2.05) is 0 Å². The van der Waals surface area contributed by atoms with E-state index in [0.29, 0.717) is 6.54 Å². The van der Waals surface area contributed by atoms with Crippen LogP contribution in [0, 0.1) is 0 Å². The summed E-state index contributed by atoms with van der Waals surface area (Å²) in [6.07, 6.45) is 4.32. The molecule has 2 rings (SSSR count). The normalized spacial score (nSPS) is 11.8. The van der Waals surface area contributed by atoms with Gasteiger partial charge in [0.15, 0.2) is 0 Å². The Morgan fingerprint density at radius 1 is 1.53 bits per heavy atom. The zero-order valence-electron chi connectivity index (χ0n) is 8.74. The van der Waals surface area contributed by atoms with Crippen molar-refractivity contribution in [2.45, 2.75) is 11.4 Å². The van der Waals surface area contributed by atoms with Crippen molar-refractivity contribution < 1.29 is 8.42 Å². The minimum absolute atomic E-state index is 0.0123. The highest BCUT2D eigenvalue weighted by molar-refractivity contribution is 7.89. The Kier molecular flexibility index (Phi) is 3.06. The van der Waals surface area contributed by atoms with Crippen LogP contribution in [0.3, 0.4) is 0 Å². The molecule has 0 aromatic carbocycles. The number of anilines is 1. The quantitative estimate of drug-likeness (QED) is 0.601. The van der Waals surface area contributed by atoms with Gasteiger partial charge in [0.2, 0.25) is 10.0 Å². The molecule has 10 heteroatoms. The zero-order valence-corrected chi connectivity index (χ0v) is 9.55. The summed E-state index contributed by atoms with van der Waals surface area (Å²) >= 11 is 0. The van der Waals surface area contributed by atoms with Gasteiger partial charge in [0, 0.05) is 12.7 Å². The van der Waals surface area contributed by atoms with Crippen LogP contribution in [0.1, 0.15) is 0 Å². The van der Waals surface area contributed by atoms with Gasteiger partial charge in [0.25, 0.3) is 0 Å². The Bertz CT molecular complexity index is 573. The second-order valence-electron chi connectivity index (χ2n) is 3.21. The van der Waals surface area contributed by atoms with Crippen LogP contribution in [0.25, 0.3) is 0 Å². The molecule has 9 nitrogen and oxygen atoms in total. The predicted molar refractivity (Wildman–Crippen MR) is 58.2 cm³/mol. The highest BCUT2D eigenvalue weighted by atomic mass is 32.2. The van der Waals surface area contributed by atoms with Gasteiger partial charge in [0.1, 0.15) is 10.7 Å². The van der Waals surface area contributed by atoms with Crippen LogP contribution < -0.4 is 10.5 Å². The third-order valence-corrected chi connectivity index (χ3v) is 3.52. The summed E-state index contributed by atoms with van der Waals surface area (Å²) in [5.41, 5.74) is 5.43. The van der Waals surface area contributed by atoms with Crippen molar-refractivity contribution in [1.29, 1.82) is 0 Å². The molecule has 0 saturated carbocycles. The predicted octanol–water partition coefficient (Wildman–Crippen LogP) is -1.44. The molecule has 0 fully saturated rings. The number of H-pyrrole nitrogens is 1. The van der Waals surface area contributed by atoms with Crippen LogP contribution in [0.2, 0.25) is 0 Å². The fourth-order valence-electron chi connectivity index (χ4n) is 1.22. The van der Waals surface area contributed by atoms with E-state index in [0.717, 1.165) is 6.20 Å². The summed E-state index contributed by atoms with van der Waals surface area (Å²) < 4.78 is 27.4. The number of hydrogen-bond donors (Lipinski definition) is 3. The highest BCUT2D eigenvalue weighted by Crippen LogP contribution is 2.12. The Hall–Kier alpha value is -1.94. The second kappa shape index (κ2) is 4.51. The van der Waals surface area contributed by atoms with E-state index in [1.165, 1.54) is 10.9 Å². The van der Waals surface area contributed by atoms with E-state index in [4.69, 9.17) is 5.73 Å². The van der Waals surface area contributed by atoms with Crippen LogP contribution in [0.4, 0.5) is 5.82 Å². The third kappa shape index (κ3) is 2.60. The number of aromatic amines is 1. The van der Waals surface area contributed by atoms with Gasteiger partial charge in [-0.2, -0.15) is 5.10 Å². The van der Waals surface area contributed by atoms with E-state index in [1.54, 1.807) is 6.20 Å². The first-order chi connectivity index (χ1) is 8.09. The lowest BCUT2D eigenvalue weighted by Crippen LogP contribution is -2.27. The van der Waals surface area contributed by atoms with Crippen molar-refractivity contribution in [3.8, 4) is 0 Å². The highest BCUT2D eigenvalue weighted by Gasteiger charge is 2.18. The van der Waals surface area contributed by atoms with Crippen molar-refractivity contribution in [2.75, 3.05) is 12.3 Å². The van der Waals surface area contributed by atoms with Gasteiger partial charge >= 0.3 is 0 Å². The summed E-state index contributed by atoms with van der Waals surface area (Å²) in [6, 6.07) is 0. The van der Waals surface area contributed by atoms with E-state index >= 15 is 0 Å². The molecule has 0 aliphatic heterocycles. The Morgan fingerprint density at radius 2 is 2.35 bits per heavy atom. The van der Waals surface area contributed by atoms with Gasteiger partial charge in [-0.25, -0.2) is 13.1 Å². The van der Waals surface area contributed by atoms with Crippen LogP contribution in [0.15, 0.2) is 23.5 Å². The smallest absolute Gasteiger partial charge is 0.245 e. The molecule has 0 unspecified atom stereocenters. The van der Waals surface area contributed by atoms with Crippen LogP contribution in [0.5, 0.6) is 0 Å². The molecular weight excluding hydrogens is 246 g/mol. The van der Waals surface area contributed by atoms with Crippen LogP contribution in [-0.4, -0.2) is 40.2 Å². The molecule has 2 aromatic rings. The van der Waals surface area contributed by atoms with Crippen LogP contribution >= 0.6 is 0 Å². The number of rotatable bonds is 5. The molecule has 0 aliphatic carbocycles. The molecule has 2 aromatic heterocycles. The maximum atomic E-state index is 11.7. The second-order valence-corrected chi connectivity index (χ2v) is 4.95. The Balaban J connectivity index is 1.97. The number of nitrogens with zero attached hydrogens (tertiary/aromatic N) is 4. The molecule has 0 amide bonds. The molecule has 4 N–H and O–H groups in total. The van der Waals surface area contributed by atoms with Gasteiger partial charge in [-0.1, -0.05) is 5.21 Å². The van der Waals surface area contributed by atoms with Crippen molar-refractivity contribution in [3.05, 3.63) is 18.6 Å². The molecule has 0 radical (unpaired) electrons. The van der Waals surface area contributed by atoms with Gasteiger partial charge in [-0.15, -0.1) is 5.10 Å². The van der Waals surface area contributed by atoms with Crippen molar-refractivity contribution in [3.63, 3.8) is 0 Å². The lowest BCUT2D eigenvalue weighted by Gasteiger charge is -2.04.